The van der Waals surface area contributed by atoms with Crippen molar-refractivity contribution >= 4 is 0 Å². The van der Waals surface area contributed by atoms with Gasteiger partial charge in [0.05, 0.1) is 12.2 Å². The Kier molecular flexibility index (Phi) is 2.88. The first-order chi connectivity index (χ1) is 7.74. The summed E-state index contributed by atoms with van der Waals surface area (Å²) in [5.74, 6) is 3.89. The molecule has 5 nitrogen and oxygen atoms in total. The highest BCUT2D eigenvalue weighted by atomic mass is 19.1. The van der Waals surface area contributed by atoms with E-state index in [9.17, 15) is 8.78 Å². The third-order valence-corrected chi connectivity index (χ3v) is 2.18. The standard InChI is InChI=1S/C9H9F2N5/c10-5-2-1-3-6(11)8(5)9(14-12)7-4-13-16-15-7/h1-4,9,14H,12H2,(H,13,15,16). The predicted octanol–water partition coefficient (Wildman–Crippen LogP) is 0.636. The third-order valence-electron chi connectivity index (χ3n) is 2.18. The molecule has 1 unspecified atom stereocenters. The summed E-state index contributed by atoms with van der Waals surface area (Å²) in [6.07, 6.45) is 1.34. The Morgan fingerprint density at radius 3 is 2.50 bits per heavy atom. The van der Waals surface area contributed by atoms with Crippen LogP contribution in [0.15, 0.2) is 24.4 Å². The minimum Gasteiger partial charge on any atom is -0.271 e. The van der Waals surface area contributed by atoms with Crippen molar-refractivity contribution in [2.45, 2.75) is 6.04 Å². The van der Waals surface area contributed by atoms with E-state index in [1.165, 1.54) is 12.3 Å². The van der Waals surface area contributed by atoms with E-state index in [1.54, 1.807) is 0 Å². The van der Waals surface area contributed by atoms with Crippen LogP contribution in [0.2, 0.25) is 0 Å². The molecule has 2 aromatic rings. The third kappa shape index (κ3) is 1.77. The summed E-state index contributed by atoms with van der Waals surface area (Å²) >= 11 is 0. The lowest BCUT2D eigenvalue weighted by atomic mass is 10.0. The number of aromatic amines is 1. The molecule has 0 bridgehead atoms. The van der Waals surface area contributed by atoms with Gasteiger partial charge in [-0.1, -0.05) is 6.07 Å². The molecule has 7 heteroatoms. The first-order valence-corrected chi connectivity index (χ1v) is 4.49. The normalized spacial score (nSPS) is 12.7. The molecule has 16 heavy (non-hydrogen) atoms. The highest BCUT2D eigenvalue weighted by molar-refractivity contribution is 5.28. The molecule has 1 aromatic carbocycles. The molecule has 0 saturated carbocycles. The van der Waals surface area contributed by atoms with E-state index in [1.807, 2.05) is 0 Å². The van der Waals surface area contributed by atoms with Gasteiger partial charge in [0.25, 0.3) is 0 Å². The number of nitrogens with two attached hydrogens (primary N) is 1. The van der Waals surface area contributed by atoms with Crippen LogP contribution in [-0.2, 0) is 0 Å². The zero-order chi connectivity index (χ0) is 11.5. The minimum absolute atomic E-state index is 0.182. The quantitative estimate of drug-likeness (QED) is 0.529. The lowest BCUT2D eigenvalue weighted by Gasteiger charge is -2.14. The Bertz CT molecular complexity index is 451. The monoisotopic (exact) mass is 225 g/mol. The van der Waals surface area contributed by atoms with Crippen molar-refractivity contribution in [3.8, 4) is 0 Å². The number of hydrogen-bond acceptors (Lipinski definition) is 4. The molecule has 0 aliphatic heterocycles. The summed E-state index contributed by atoms with van der Waals surface area (Å²) < 4.78 is 27.0. The second kappa shape index (κ2) is 4.33. The van der Waals surface area contributed by atoms with E-state index in [4.69, 9.17) is 5.84 Å². The molecule has 0 spiro atoms. The number of nitrogens with zero attached hydrogens (tertiary/aromatic N) is 2. The smallest absolute Gasteiger partial charge is 0.131 e. The van der Waals surface area contributed by atoms with Gasteiger partial charge >= 0.3 is 0 Å². The second-order valence-corrected chi connectivity index (χ2v) is 3.13. The van der Waals surface area contributed by atoms with Crippen LogP contribution >= 0.6 is 0 Å². The maximum atomic E-state index is 13.5. The van der Waals surface area contributed by atoms with Crippen molar-refractivity contribution in [2.24, 2.45) is 5.84 Å². The van der Waals surface area contributed by atoms with Crippen LogP contribution in [0.4, 0.5) is 8.78 Å². The van der Waals surface area contributed by atoms with Gasteiger partial charge < -0.3 is 0 Å². The number of H-pyrrole nitrogens is 1. The largest absolute Gasteiger partial charge is 0.271 e. The van der Waals surface area contributed by atoms with Crippen molar-refractivity contribution < 1.29 is 8.78 Å². The average molecular weight is 225 g/mol. The molecule has 0 aliphatic rings. The van der Waals surface area contributed by atoms with Gasteiger partial charge in [-0.3, -0.25) is 5.84 Å². The number of hydrogen-bond donors (Lipinski definition) is 3. The molecule has 0 aliphatic carbocycles. The van der Waals surface area contributed by atoms with Crippen LogP contribution in [0.25, 0.3) is 0 Å². The van der Waals surface area contributed by atoms with Crippen LogP contribution in [0.1, 0.15) is 17.3 Å². The Labute approximate surface area is 89.6 Å². The lowest BCUT2D eigenvalue weighted by molar-refractivity contribution is 0.505. The molecule has 1 aromatic heterocycles. The average Bonchev–Trinajstić information content (AvgIpc) is 2.77. The van der Waals surface area contributed by atoms with E-state index in [2.05, 4.69) is 20.8 Å². The molecule has 1 heterocycles. The number of rotatable bonds is 3. The fourth-order valence-electron chi connectivity index (χ4n) is 1.45. The molecule has 0 saturated heterocycles. The zero-order valence-electron chi connectivity index (χ0n) is 8.11. The zero-order valence-corrected chi connectivity index (χ0v) is 8.11. The molecule has 0 fully saturated rings. The first-order valence-electron chi connectivity index (χ1n) is 4.49. The highest BCUT2D eigenvalue weighted by Gasteiger charge is 2.22. The van der Waals surface area contributed by atoms with Gasteiger partial charge in [-0.15, -0.1) is 0 Å². The van der Waals surface area contributed by atoms with E-state index >= 15 is 0 Å². The van der Waals surface area contributed by atoms with Crippen LogP contribution in [0, 0.1) is 11.6 Å². The molecule has 4 N–H and O–H groups in total. The number of hydrazine groups is 1. The van der Waals surface area contributed by atoms with Crippen molar-refractivity contribution in [1.82, 2.24) is 20.8 Å². The van der Waals surface area contributed by atoms with Gasteiger partial charge in [0, 0.05) is 5.56 Å². The van der Waals surface area contributed by atoms with Crippen LogP contribution < -0.4 is 11.3 Å². The van der Waals surface area contributed by atoms with Crippen LogP contribution in [0.5, 0.6) is 0 Å². The van der Waals surface area contributed by atoms with Gasteiger partial charge in [0.2, 0.25) is 0 Å². The maximum absolute atomic E-state index is 13.5. The SMILES string of the molecule is NNC(c1cn[nH]n1)c1c(F)cccc1F. The summed E-state index contributed by atoms with van der Waals surface area (Å²) in [6.45, 7) is 0. The Balaban J connectivity index is 2.49. The van der Waals surface area contributed by atoms with Crippen molar-refractivity contribution in [1.29, 1.82) is 0 Å². The lowest BCUT2D eigenvalue weighted by Crippen LogP contribution is -2.30. The summed E-state index contributed by atoms with van der Waals surface area (Å²) in [6, 6.07) is 2.72. The second-order valence-electron chi connectivity index (χ2n) is 3.13. The van der Waals surface area contributed by atoms with Gasteiger partial charge in [0.15, 0.2) is 0 Å². The van der Waals surface area contributed by atoms with Gasteiger partial charge in [-0.2, -0.15) is 15.4 Å². The molecule has 84 valence electrons. The van der Waals surface area contributed by atoms with Crippen molar-refractivity contribution in [3.63, 3.8) is 0 Å². The highest BCUT2D eigenvalue weighted by Crippen LogP contribution is 2.24. The maximum Gasteiger partial charge on any atom is 0.131 e. The fraction of sp³-hybridized carbons (Fsp3) is 0.111. The summed E-state index contributed by atoms with van der Waals surface area (Å²) in [5, 5.41) is 9.65. The van der Waals surface area contributed by atoms with Crippen molar-refractivity contribution in [3.05, 3.63) is 47.3 Å². The van der Waals surface area contributed by atoms with Gasteiger partial charge in [-0.25, -0.2) is 14.2 Å². The molecular weight excluding hydrogens is 216 g/mol. The number of aromatic nitrogens is 3. The van der Waals surface area contributed by atoms with E-state index in [0.29, 0.717) is 5.69 Å². The number of halogens is 2. The topological polar surface area (TPSA) is 79.6 Å². The summed E-state index contributed by atoms with van der Waals surface area (Å²) in [5.41, 5.74) is 2.43. The molecular formula is C9H9F2N5. The van der Waals surface area contributed by atoms with Gasteiger partial charge in [0.1, 0.15) is 17.3 Å². The number of benzene rings is 1. The molecule has 1 atom stereocenters. The fourth-order valence-corrected chi connectivity index (χ4v) is 1.45. The van der Waals surface area contributed by atoms with Gasteiger partial charge in [-0.05, 0) is 12.1 Å². The van der Waals surface area contributed by atoms with Crippen LogP contribution in [-0.4, -0.2) is 15.4 Å². The Morgan fingerprint density at radius 1 is 1.31 bits per heavy atom. The molecule has 2 rings (SSSR count). The predicted molar refractivity (Wildman–Crippen MR) is 51.9 cm³/mol. The minimum atomic E-state index is -0.875. The Hall–Kier alpha value is -1.86. The summed E-state index contributed by atoms with van der Waals surface area (Å²) in [4.78, 5) is 0. The summed E-state index contributed by atoms with van der Waals surface area (Å²) in [7, 11) is 0. The number of nitrogens with one attached hydrogen (secondary N) is 2. The van der Waals surface area contributed by atoms with E-state index in [-0.39, 0.29) is 5.56 Å². The molecule has 0 radical (unpaired) electrons. The van der Waals surface area contributed by atoms with E-state index in [0.717, 1.165) is 12.1 Å². The van der Waals surface area contributed by atoms with E-state index < -0.39 is 17.7 Å². The Morgan fingerprint density at radius 2 is 2.00 bits per heavy atom. The van der Waals surface area contributed by atoms with Crippen LogP contribution in [0.3, 0.4) is 0 Å². The first kappa shape index (κ1) is 10.7. The van der Waals surface area contributed by atoms with Crippen molar-refractivity contribution in [2.75, 3.05) is 0 Å². The molecule has 0 amide bonds.